The summed E-state index contributed by atoms with van der Waals surface area (Å²) in [7, 11) is -1.04. The van der Waals surface area contributed by atoms with Crippen LogP contribution in [0.15, 0.2) is 28.9 Å². The summed E-state index contributed by atoms with van der Waals surface area (Å²) in [4.78, 5) is 30.3. The number of likely N-dealkylation sites (tertiary alicyclic amines) is 1. The van der Waals surface area contributed by atoms with Crippen LogP contribution in [0, 0.1) is 0 Å². The fourth-order valence-corrected chi connectivity index (χ4v) is 3.72. The largest absolute Gasteiger partial charge is 0.535 e. The molecule has 1 aromatic carbocycles. The molecule has 1 atom stereocenters. The van der Waals surface area contributed by atoms with Crippen molar-refractivity contribution >= 4 is 25.2 Å². The van der Waals surface area contributed by atoms with E-state index in [9.17, 15) is 19.7 Å². The molecule has 0 aliphatic carbocycles. The minimum absolute atomic E-state index is 0.111. The van der Waals surface area contributed by atoms with Gasteiger partial charge in [0.05, 0.1) is 18.8 Å². The van der Waals surface area contributed by atoms with Gasteiger partial charge < -0.3 is 30.2 Å². The fourth-order valence-electron chi connectivity index (χ4n) is 3.72. The molecule has 3 heterocycles. The first-order valence-corrected chi connectivity index (χ1v) is 9.49. The number of carbonyl (C=O) groups excluding carboxylic acids is 1. The molecule has 1 saturated heterocycles. The van der Waals surface area contributed by atoms with Gasteiger partial charge in [0.25, 0.3) is 0 Å². The van der Waals surface area contributed by atoms with Crippen molar-refractivity contribution < 1.29 is 29.1 Å². The summed E-state index contributed by atoms with van der Waals surface area (Å²) in [5.74, 6) is -1.15. The van der Waals surface area contributed by atoms with Gasteiger partial charge in [0.2, 0.25) is 5.91 Å². The molecule has 0 spiro atoms. The highest BCUT2D eigenvalue weighted by molar-refractivity contribution is 6.44. The number of amides is 1. The van der Waals surface area contributed by atoms with E-state index in [-0.39, 0.29) is 29.1 Å². The number of carboxylic acids is 1. The number of hydrogen-bond donors (Lipinski definition) is 3. The van der Waals surface area contributed by atoms with Crippen molar-refractivity contribution in [1.29, 1.82) is 0 Å². The van der Waals surface area contributed by atoms with E-state index in [4.69, 9.17) is 15.1 Å². The normalized spacial score (nSPS) is 20.3. The van der Waals surface area contributed by atoms with Crippen molar-refractivity contribution in [1.82, 2.24) is 4.90 Å². The average molecular weight is 399 g/mol. The quantitative estimate of drug-likeness (QED) is 0.613. The molecule has 1 amide bonds. The Kier molecular flexibility index (Phi) is 4.83. The van der Waals surface area contributed by atoms with Crippen molar-refractivity contribution in [3.8, 4) is 11.5 Å². The van der Waals surface area contributed by atoms with Gasteiger partial charge >= 0.3 is 13.1 Å². The number of ether oxygens (including phenoxy) is 1. The third-order valence-corrected chi connectivity index (χ3v) is 5.38. The predicted octanol–water partition coefficient (Wildman–Crippen LogP) is 0.466. The Labute approximate surface area is 167 Å². The molecule has 0 radical (unpaired) electrons. The van der Waals surface area contributed by atoms with Gasteiger partial charge in [-0.2, -0.15) is 0 Å². The summed E-state index contributed by atoms with van der Waals surface area (Å²) in [6, 6.07) is 3.34. The van der Waals surface area contributed by atoms with Crippen molar-refractivity contribution in [2.45, 2.75) is 37.7 Å². The number of aromatic carboxylic acids is 1. The molecule has 3 aliphatic heterocycles. The zero-order valence-electron chi connectivity index (χ0n) is 16.0. The van der Waals surface area contributed by atoms with Crippen LogP contribution in [0.5, 0.6) is 11.5 Å². The Morgan fingerprint density at radius 1 is 1.41 bits per heavy atom. The van der Waals surface area contributed by atoms with E-state index in [0.717, 1.165) is 5.56 Å². The van der Waals surface area contributed by atoms with Crippen molar-refractivity contribution in [3.05, 3.63) is 35.0 Å². The van der Waals surface area contributed by atoms with Gasteiger partial charge in [0, 0.05) is 12.6 Å². The van der Waals surface area contributed by atoms with Gasteiger partial charge in [-0.3, -0.25) is 9.79 Å². The van der Waals surface area contributed by atoms with Crippen molar-refractivity contribution in [2.75, 3.05) is 13.1 Å². The highest BCUT2D eigenvalue weighted by Crippen LogP contribution is 2.37. The van der Waals surface area contributed by atoms with Crippen LogP contribution in [-0.2, 0) is 11.2 Å². The van der Waals surface area contributed by atoms with E-state index in [1.54, 1.807) is 30.2 Å². The van der Waals surface area contributed by atoms with E-state index in [1.807, 2.05) is 6.08 Å². The Balaban J connectivity index is 1.45. The van der Waals surface area contributed by atoms with Crippen LogP contribution >= 0.6 is 0 Å². The molecule has 1 aromatic rings. The van der Waals surface area contributed by atoms with Crippen molar-refractivity contribution in [2.24, 2.45) is 10.7 Å². The topological polar surface area (TPSA) is 135 Å². The number of hydrogen-bond acceptors (Lipinski definition) is 7. The lowest BCUT2D eigenvalue weighted by molar-refractivity contribution is -0.144. The zero-order valence-corrected chi connectivity index (χ0v) is 16.0. The highest BCUT2D eigenvalue weighted by atomic mass is 16.5. The van der Waals surface area contributed by atoms with Gasteiger partial charge in [-0.05, 0) is 31.3 Å². The summed E-state index contributed by atoms with van der Waals surface area (Å²) < 4.78 is 11.2. The van der Waals surface area contributed by atoms with Gasteiger partial charge in [-0.15, -0.1) is 0 Å². The number of nitrogens with two attached hydrogens (primary N) is 1. The van der Waals surface area contributed by atoms with Gasteiger partial charge in [0.1, 0.15) is 28.7 Å². The van der Waals surface area contributed by atoms with Gasteiger partial charge in [-0.1, -0.05) is 12.1 Å². The Morgan fingerprint density at radius 2 is 2.17 bits per heavy atom. The fraction of sp³-hybridized carbons (Fsp3) is 0.421. The molecule has 29 heavy (non-hydrogen) atoms. The Morgan fingerprint density at radius 3 is 2.83 bits per heavy atom. The molecule has 4 rings (SSSR count). The van der Waals surface area contributed by atoms with E-state index >= 15 is 0 Å². The standard InChI is InChI=1S/C19H22BN3O6/c1-19(21,14-3-2-8-22-14)18(26)23-9-12(10-23)28-13-5-4-11-6-7-20(27)29-16(11)15(13)17(24)25/h3-5,8,12,27H,2,6-7,9-10,21H2,1H3,(H,24,25). The second kappa shape index (κ2) is 7.20. The number of benzene rings is 1. The van der Waals surface area contributed by atoms with Crippen LogP contribution in [-0.4, -0.2) is 65.0 Å². The number of aliphatic imine (C=N–C) groups is 1. The molecule has 1 unspecified atom stereocenters. The maximum atomic E-state index is 12.7. The molecule has 152 valence electrons. The van der Waals surface area contributed by atoms with Crippen LogP contribution in [0.1, 0.15) is 29.3 Å². The maximum absolute atomic E-state index is 12.7. The number of aryl methyl sites for hydroxylation is 1. The van der Waals surface area contributed by atoms with E-state index in [1.165, 1.54) is 0 Å². The number of carboxylic acid groups (broad SMARTS) is 1. The molecular weight excluding hydrogens is 377 g/mol. The number of rotatable bonds is 5. The summed E-state index contributed by atoms with van der Waals surface area (Å²) >= 11 is 0. The zero-order chi connectivity index (χ0) is 20.8. The lowest BCUT2D eigenvalue weighted by Crippen LogP contribution is -2.64. The van der Waals surface area contributed by atoms with Crippen molar-refractivity contribution in [3.63, 3.8) is 0 Å². The minimum atomic E-state index is -1.21. The Hall–Kier alpha value is -2.85. The highest BCUT2D eigenvalue weighted by Gasteiger charge is 2.43. The van der Waals surface area contributed by atoms with Crippen LogP contribution in [0.3, 0.4) is 0 Å². The Bertz CT molecular complexity index is 923. The minimum Gasteiger partial charge on any atom is -0.535 e. The SMILES string of the molecule is CC(N)(C(=O)N1CC(Oc2ccc3c(c2C(=O)O)OB(O)CC3)C1)C1=CCC=N1. The first-order chi connectivity index (χ1) is 13.8. The first kappa shape index (κ1) is 19.5. The number of fused-ring (bicyclic) bond motifs is 1. The second-order valence-electron chi connectivity index (χ2n) is 7.63. The van der Waals surface area contributed by atoms with Gasteiger partial charge in [-0.25, -0.2) is 4.79 Å². The number of nitrogens with zero attached hydrogens (tertiary/aromatic N) is 2. The van der Waals surface area contributed by atoms with Crippen LogP contribution < -0.4 is 15.1 Å². The van der Waals surface area contributed by atoms with E-state index in [2.05, 4.69) is 4.99 Å². The first-order valence-electron chi connectivity index (χ1n) is 9.49. The predicted molar refractivity (Wildman–Crippen MR) is 105 cm³/mol. The molecular formula is C19H22BN3O6. The maximum Gasteiger partial charge on any atom is 0.522 e. The third-order valence-electron chi connectivity index (χ3n) is 5.38. The van der Waals surface area contributed by atoms with Crippen LogP contribution in [0.4, 0.5) is 0 Å². The lowest BCUT2D eigenvalue weighted by atomic mass is 9.78. The molecule has 0 saturated carbocycles. The summed E-state index contributed by atoms with van der Waals surface area (Å²) in [5.41, 5.74) is 6.14. The molecule has 3 aliphatic rings. The monoisotopic (exact) mass is 399 g/mol. The third kappa shape index (κ3) is 3.49. The van der Waals surface area contributed by atoms with E-state index < -0.39 is 18.6 Å². The number of allylic oxidation sites excluding steroid dienone is 1. The van der Waals surface area contributed by atoms with Gasteiger partial charge in [0.15, 0.2) is 0 Å². The average Bonchev–Trinajstić information content (AvgIpc) is 3.18. The smallest absolute Gasteiger partial charge is 0.522 e. The molecule has 0 bridgehead atoms. The molecule has 9 nitrogen and oxygen atoms in total. The van der Waals surface area contributed by atoms with Crippen LogP contribution in [0.25, 0.3) is 0 Å². The molecule has 4 N–H and O–H groups in total. The summed E-state index contributed by atoms with van der Waals surface area (Å²) in [5, 5.41) is 19.4. The summed E-state index contributed by atoms with van der Waals surface area (Å²) in [6.07, 6.45) is 4.76. The lowest BCUT2D eigenvalue weighted by Gasteiger charge is -2.42. The van der Waals surface area contributed by atoms with Crippen LogP contribution in [0.2, 0.25) is 6.32 Å². The van der Waals surface area contributed by atoms with E-state index in [0.29, 0.717) is 37.9 Å². The number of carbonyl (C=O) groups is 2. The molecule has 1 fully saturated rings. The molecule has 10 heteroatoms. The second-order valence-corrected chi connectivity index (χ2v) is 7.63. The summed E-state index contributed by atoms with van der Waals surface area (Å²) in [6.45, 7) is 2.22. The molecule has 0 aromatic heterocycles.